The number of hydrogen-bond acceptors (Lipinski definition) is 5. The van der Waals surface area contributed by atoms with Crippen LogP contribution in [0.1, 0.15) is 28.8 Å². The fourth-order valence-electron chi connectivity index (χ4n) is 4.24. The van der Waals surface area contributed by atoms with E-state index in [0.717, 1.165) is 11.8 Å². The number of amides is 1. The Morgan fingerprint density at radius 3 is 2.66 bits per heavy atom. The number of aryl methyl sites for hydroxylation is 1. The van der Waals surface area contributed by atoms with Crippen LogP contribution in [0.2, 0.25) is 0 Å². The number of nitrogens with zero attached hydrogens (tertiary/aromatic N) is 4. The number of carbonyl (C=O) groups is 1. The molecule has 5 rings (SSSR count). The minimum atomic E-state index is -1.30. The summed E-state index contributed by atoms with van der Waals surface area (Å²) in [5, 5.41) is 15.6. The molecular formula is C21H16F3N5O3. The second-order valence-electron chi connectivity index (χ2n) is 7.64. The van der Waals surface area contributed by atoms with Crippen LogP contribution in [0, 0.1) is 24.4 Å². The van der Waals surface area contributed by atoms with Gasteiger partial charge < -0.3 is 19.3 Å². The Kier molecular flexibility index (Phi) is 4.61. The predicted molar refractivity (Wildman–Crippen MR) is 105 cm³/mol. The summed E-state index contributed by atoms with van der Waals surface area (Å²) in [4.78, 5) is 20.2. The summed E-state index contributed by atoms with van der Waals surface area (Å²) in [6.45, 7) is 1.68. The van der Waals surface area contributed by atoms with Crippen LogP contribution >= 0.6 is 0 Å². The SMILES string of the molecule is Cc1nc(-c2ccn3c4c(nc3c2)C[C@H](c2cc(F)c(F)cc2F)[C@@H](NC(=O)O)C4)no1. The van der Waals surface area contributed by atoms with E-state index in [-0.39, 0.29) is 18.4 Å². The number of rotatable bonds is 3. The van der Waals surface area contributed by atoms with Gasteiger partial charge >= 0.3 is 6.09 Å². The number of halogens is 3. The fraction of sp³-hybridized carbons (Fsp3) is 0.238. The van der Waals surface area contributed by atoms with E-state index in [0.29, 0.717) is 34.7 Å². The number of aromatic nitrogens is 4. The third-order valence-electron chi connectivity index (χ3n) is 5.65. The largest absolute Gasteiger partial charge is 0.465 e. The van der Waals surface area contributed by atoms with E-state index in [2.05, 4.69) is 20.4 Å². The maximum absolute atomic E-state index is 14.5. The maximum Gasteiger partial charge on any atom is 0.404 e. The Bertz CT molecular complexity index is 1370. The molecule has 11 heteroatoms. The van der Waals surface area contributed by atoms with Crippen LogP contribution in [0.4, 0.5) is 18.0 Å². The first-order chi connectivity index (χ1) is 15.3. The van der Waals surface area contributed by atoms with Crippen LogP contribution in [0.15, 0.2) is 35.0 Å². The number of pyridine rings is 1. The Balaban J connectivity index is 1.58. The predicted octanol–water partition coefficient (Wildman–Crippen LogP) is 3.63. The zero-order valence-corrected chi connectivity index (χ0v) is 16.6. The molecule has 1 amide bonds. The smallest absolute Gasteiger partial charge is 0.404 e. The topological polar surface area (TPSA) is 106 Å². The normalized spacial score (nSPS) is 18.0. The molecule has 8 nitrogen and oxygen atoms in total. The quantitative estimate of drug-likeness (QED) is 0.469. The number of benzene rings is 1. The van der Waals surface area contributed by atoms with Crippen molar-refractivity contribution in [1.29, 1.82) is 0 Å². The third kappa shape index (κ3) is 3.35. The van der Waals surface area contributed by atoms with Gasteiger partial charge in [-0.1, -0.05) is 5.16 Å². The Labute approximate surface area is 178 Å². The van der Waals surface area contributed by atoms with Gasteiger partial charge in [0.05, 0.1) is 5.69 Å². The highest BCUT2D eigenvalue weighted by Crippen LogP contribution is 2.36. The summed E-state index contributed by atoms with van der Waals surface area (Å²) >= 11 is 0. The van der Waals surface area contributed by atoms with Crippen molar-refractivity contribution in [3.8, 4) is 11.4 Å². The van der Waals surface area contributed by atoms with E-state index >= 15 is 0 Å². The van der Waals surface area contributed by atoms with Crippen molar-refractivity contribution in [1.82, 2.24) is 24.8 Å². The average Bonchev–Trinajstić information content (AvgIpc) is 3.32. The summed E-state index contributed by atoms with van der Waals surface area (Å²) in [6, 6.07) is 4.03. The van der Waals surface area contributed by atoms with Gasteiger partial charge in [0.2, 0.25) is 11.7 Å². The molecule has 1 aliphatic rings. The Morgan fingerprint density at radius 1 is 1.16 bits per heavy atom. The molecule has 0 saturated heterocycles. The number of nitrogens with one attached hydrogen (secondary N) is 1. The van der Waals surface area contributed by atoms with E-state index in [9.17, 15) is 23.1 Å². The first-order valence-electron chi connectivity index (χ1n) is 9.74. The van der Waals surface area contributed by atoms with E-state index in [1.165, 1.54) is 0 Å². The minimum absolute atomic E-state index is 0.103. The third-order valence-corrected chi connectivity index (χ3v) is 5.65. The van der Waals surface area contributed by atoms with E-state index in [4.69, 9.17) is 4.52 Å². The number of fused-ring (bicyclic) bond motifs is 3. The highest BCUT2D eigenvalue weighted by Gasteiger charge is 2.36. The zero-order chi connectivity index (χ0) is 22.6. The fourth-order valence-corrected chi connectivity index (χ4v) is 4.24. The van der Waals surface area contributed by atoms with Crippen LogP contribution in [-0.2, 0) is 12.8 Å². The van der Waals surface area contributed by atoms with Crippen LogP contribution in [0.3, 0.4) is 0 Å². The molecule has 2 N–H and O–H groups in total. The van der Waals surface area contributed by atoms with E-state index in [1.807, 2.05) is 0 Å². The molecule has 0 bridgehead atoms. The molecule has 164 valence electrons. The van der Waals surface area contributed by atoms with Crippen molar-refractivity contribution in [2.75, 3.05) is 0 Å². The van der Waals surface area contributed by atoms with Crippen molar-refractivity contribution >= 4 is 11.7 Å². The van der Waals surface area contributed by atoms with Gasteiger partial charge in [0.1, 0.15) is 11.5 Å². The molecule has 1 aromatic carbocycles. The summed E-state index contributed by atoms with van der Waals surface area (Å²) < 4.78 is 48.6. The molecule has 0 radical (unpaired) electrons. The lowest BCUT2D eigenvalue weighted by molar-refractivity contribution is 0.186. The first kappa shape index (κ1) is 20.0. The maximum atomic E-state index is 14.5. The molecule has 0 unspecified atom stereocenters. The van der Waals surface area contributed by atoms with Crippen molar-refractivity contribution in [3.63, 3.8) is 0 Å². The average molecular weight is 443 g/mol. The van der Waals surface area contributed by atoms with Crippen LogP contribution in [0.5, 0.6) is 0 Å². The minimum Gasteiger partial charge on any atom is -0.465 e. The van der Waals surface area contributed by atoms with Crippen molar-refractivity contribution < 1.29 is 27.6 Å². The summed E-state index contributed by atoms with van der Waals surface area (Å²) in [7, 11) is 0. The summed E-state index contributed by atoms with van der Waals surface area (Å²) in [6.07, 6.45) is 0.793. The van der Waals surface area contributed by atoms with Crippen molar-refractivity contribution in [2.45, 2.75) is 31.7 Å². The number of carboxylic acid groups (broad SMARTS) is 1. The molecule has 0 spiro atoms. The van der Waals surface area contributed by atoms with Crippen LogP contribution < -0.4 is 5.32 Å². The molecule has 4 aromatic rings. The highest BCUT2D eigenvalue weighted by molar-refractivity contribution is 5.66. The van der Waals surface area contributed by atoms with Gasteiger partial charge in [-0.3, -0.25) is 0 Å². The van der Waals surface area contributed by atoms with Gasteiger partial charge in [-0.2, -0.15) is 4.98 Å². The van der Waals surface area contributed by atoms with E-state index < -0.39 is 35.5 Å². The molecule has 3 heterocycles. The number of imidazole rings is 1. The Morgan fingerprint density at radius 2 is 1.94 bits per heavy atom. The molecule has 32 heavy (non-hydrogen) atoms. The lowest BCUT2D eigenvalue weighted by Crippen LogP contribution is -2.43. The molecular weight excluding hydrogens is 427 g/mol. The van der Waals surface area contributed by atoms with Crippen molar-refractivity contribution in [3.05, 3.63) is 70.8 Å². The molecule has 0 saturated carbocycles. The second-order valence-corrected chi connectivity index (χ2v) is 7.64. The lowest BCUT2D eigenvalue weighted by atomic mass is 9.80. The van der Waals surface area contributed by atoms with E-state index in [1.54, 1.807) is 29.7 Å². The van der Waals surface area contributed by atoms with Gasteiger partial charge in [0.15, 0.2) is 11.6 Å². The molecule has 2 atom stereocenters. The van der Waals surface area contributed by atoms with Gasteiger partial charge in [0, 0.05) is 55.2 Å². The van der Waals surface area contributed by atoms with Crippen LogP contribution in [0.25, 0.3) is 17.0 Å². The Hall–Kier alpha value is -3.89. The lowest BCUT2D eigenvalue weighted by Gasteiger charge is -2.31. The monoisotopic (exact) mass is 443 g/mol. The van der Waals surface area contributed by atoms with Crippen LogP contribution in [-0.4, -0.2) is 36.8 Å². The van der Waals surface area contributed by atoms with Gasteiger partial charge in [-0.05, 0) is 23.8 Å². The summed E-state index contributed by atoms with van der Waals surface area (Å²) in [5.74, 6) is -3.38. The molecule has 1 aliphatic carbocycles. The second kappa shape index (κ2) is 7.36. The highest BCUT2D eigenvalue weighted by atomic mass is 19.2. The zero-order valence-electron chi connectivity index (χ0n) is 16.6. The van der Waals surface area contributed by atoms with Crippen molar-refractivity contribution in [2.24, 2.45) is 0 Å². The first-order valence-corrected chi connectivity index (χ1v) is 9.74. The standard InChI is InChI=1S/C21H16F3N5O3/c1-9-25-20(28-32-9)10-2-3-29-18-8-16(27-21(30)31)12(6-17(18)26-19(29)4-10)11-5-14(23)15(24)7-13(11)22/h2-5,7,12,16,27H,6,8H2,1H3,(H,30,31)/t12-,16+/m1/s1. The number of hydrogen-bond donors (Lipinski definition) is 2. The summed E-state index contributed by atoms with van der Waals surface area (Å²) in [5.41, 5.74) is 2.50. The molecule has 3 aromatic heterocycles. The molecule has 0 fully saturated rings. The van der Waals surface area contributed by atoms with Gasteiger partial charge in [-0.25, -0.2) is 22.9 Å². The van der Waals surface area contributed by atoms with Gasteiger partial charge in [-0.15, -0.1) is 0 Å². The van der Waals surface area contributed by atoms with Gasteiger partial charge in [0.25, 0.3) is 0 Å². The molecule has 0 aliphatic heterocycles.